The Morgan fingerprint density at radius 3 is 2.80 bits per heavy atom. The minimum absolute atomic E-state index is 0.159. The van der Waals surface area contributed by atoms with E-state index >= 15 is 0 Å². The van der Waals surface area contributed by atoms with Crippen LogP contribution in [0.1, 0.15) is 35.1 Å². The number of hydrogen-bond donors (Lipinski definition) is 1. The molecule has 1 atom stereocenters. The van der Waals surface area contributed by atoms with Crippen LogP contribution < -0.4 is 5.32 Å². The number of carbonyl (C=O) groups excluding carboxylic acids is 1. The van der Waals surface area contributed by atoms with Crippen molar-refractivity contribution >= 4 is 21.8 Å². The summed E-state index contributed by atoms with van der Waals surface area (Å²) in [5, 5.41) is 2.89. The Bertz CT molecular complexity index is 674. The van der Waals surface area contributed by atoms with Crippen LogP contribution in [0, 0.1) is 0 Å². The van der Waals surface area contributed by atoms with E-state index < -0.39 is 0 Å². The van der Waals surface area contributed by atoms with Gasteiger partial charge in [0.15, 0.2) is 10.4 Å². The molecule has 0 saturated carbocycles. The lowest BCUT2D eigenvalue weighted by Gasteiger charge is -2.33. The van der Waals surface area contributed by atoms with Gasteiger partial charge in [-0.25, -0.2) is 0 Å². The van der Waals surface area contributed by atoms with Gasteiger partial charge in [0, 0.05) is 19.6 Å². The van der Waals surface area contributed by atoms with Crippen LogP contribution >= 0.6 is 15.9 Å². The lowest BCUT2D eigenvalue weighted by atomic mass is 10.1. The Morgan fingerprint density at radius 2 is 2.04 bits per heavy atom. The lowest BCUT2D eigenvalue weighted by Crippen LogP contribution is -2.39. The Kier molecular flexibility index (Phi) is 6.67. The maximum Gasteiger partial charge on any atom is 0.287 e. The molecule has 25 heavy (non-hydrogen) atoms. The average Bonchev–Trinajstić information content (AvgIpc) is 3.09. The highest BCUT2D eigenvalue weighted by molar-refractivity contribution is 9.10. The molecule has 2 aromatic rings. The smallest absolute Gasteiger partial charge is 0.287 e. The molecule has 5 nitrogen and oxygen atoms in total. The van der Waals surface area contributed by atoms with E-state index in [1.165, 1.54) is 5.56 Å². The number of nitrogens with zero attached hydrogens (tertiary/aromatic N) is 1. The highest BCUT2D eigenvalue weighted by Gasteiger charge is 2.21. The van der Waals surface area contributed by atoms with E-state index in [4.69, 9.17) is 9.15 Å². The zero-order valence-electron chi connectivity index (χ0n) is 14.1. The highest BCUT2D eigenvalue weighted by Crippen LogP contribution is 2.22. The molecule has 1 aliphatic rings. The van der Waals surface area contributed by atoms with Gasteiger partial charge in [0.05, 0.1) is 12.7 Å². The second kappa shape index (κ2) is 9.17. The van der Waals surface area contributed by atoms with Crippen LogP contribution in [0.3, 0.4) is 0 Å². The first-order chi connectivity index (χ1) is 12.2. The van der Waals surface area contributed by atoms with Crippen molar-refractivity contribution < 1.29 is 13.9 Å². The first kappa shape index (κ1) is 18.2. The van der Waals surface area contributed by atoms with Gasteiger partial charge in [-0.3, -0.25) is 9.69 Å². The minimum atomic E-state index is -0.166. The van der Waals surface area contributed by atoms with Gasteiger partial charge in [0.1, 0.15) is 0 Å². The third-order valence-corrected chi connectivity index (χ3v) is 4.73. The summed E-state index contributed by atoms with van der Waals surface area (Å²) >= 11 is 3.20. The summed E-state index contributed by atoms with van der Waals surface area (Å²) in [5.74, 6) is 0.173. The molecule has 1 aromatic heterocycles. The third kappa shape index (κ3) is 5.42. The van der Waals surface area contributed by atoms with E-state index in [1.54, 1.807) is 12.1 Å². The minimum Gasteiger partial charge on any atom is -0.444 e. The molecule has 1 unspecified atom stereocenters. The lowest BCUT2D eigenvalue weighted by molar-refractivity contribution is -0.0303. The second-order valence-corrected chi connectivity index (χ2v) is 6.92. The largest absolute Gasteiger partial charge is 0.444 e. The molecule has 1 fully saturated rings. The molecular formula is C19H23BrN2O3. The van der Waals surface area contributed by atoms with Crippen molar-refractivity contribution in [2.45, 2.75) is 18.9 Å². The van der Waals surface area contributed by atoms with E-state index in [2.05, 4.69) is 50.4 Å². The van der Waals surface area contributed by atoms with Crippen molar-refractivity contribution in [3.8, 4) is 0 Å². The summed E-state index contributed by atoms with van der Waals surface area (Å²) in [6.45, 7) is 4.34. The average molecular weight is 407 g/mol. The van der Waals surface area contributed by atoms with E-state index in [0.29, 0.717) is 17.0 Å². The van der Waals surface area contributed by atoms with Crippen molar-refractivity contribution in [3.63, 3.8) is 0 Å². The number of halogens is 1. The van der Waals surface area contributed by atoms with Gasteiger partial charge < -0.3 is 14.5 Å². The quantitative estimate of drug-likeness (QED) is 0.713. The van der Waals surface area contributed by atoms with E-state index in [9.17, 15) is 4.79 Å². The second-order valence-electron chi connectivity index (χ2n) is 6.14. The Balaban J connectivity index is 1.34. The molecule has 134 valence electrons. The number of furan rings is 1. The van der Waals surface area contributed by atoms with Crippen molar-refractivity contribution in [1.29, 1.82) is 0 Å². The maximum atomic E-state index is 11.9. The van der Waals surface area contributed by atoms with Crippen LogP contribution in [0.25, 0.3) is 0 Å². The summed E-state index contributed by atoms with van der Waals surface area (Å²) < 4.78 is 11.7. The molecule has 0 bridgehead atoms. The van der Waals surface area contributed by atoms with Crippen LogP contribution in [0.4, 0.5) is 0 Å². The Morgan fingerprint density at radius 1 is 1.20 bits per heavy atom. The topological polar surface area (TPSA) is 54.7 Å². The van der Waals surface area contributed by atoms with Gasteiger partial charge in [0.25, 0.3) is 5.91 Å². The molecule has 1 aromatic carbocycles. The predicted molar refractivity (Wildman–Crippen MR) is 99.6 cm³/mol. The van der Waals surface area contributed by atoms with Gasteiger partial charge >= 0.3 is 0 Å². The first-order valence-electron chi connectivity index (χ1n) is 8.65. The molecule has 1 aliphatic heterocycles. The number of morpholine rings is 1. The van der Waals surface area contributed by atoms with Crippen LogP contribution in [-0.4, -0.2) is 43.6 Å². The highest BCUT2D eigenvalue weighted by atomic mass is 79.9. The van der Waals surface area contributed by atoms with E-state index in [0.717, 1.165) is 39.1 Å². The first-order valence-corrected chi connectivity index (χ1v) is 9.44. The molecule has 1 amide bonds. The molecule has 0 radical (unpaired) electrons. The summed E-state index contributed by atoms with van der Waals surface area (Å²) in [5.41, 5.74) is 1.24. The fourth-order valence-corrected chi connectivity index (χ4v) is 3.27. The number of amides is 1. The van der Waals surface area contributed by atoms with Crippen molar-refractivity contribution in [2.24, 2.45) is 0 Å². The van der Waals surface area contributed by atoms with E-state index in [-0.39, 0.29) is 12.0 Å². The van der Waals surface area contributed by atoms with Crippen LogP contribution in [0.2, 0.25) is 0 Å². The number of rotatable bonds is 7. The van der Waals surface area contributed by atoms with Crippen molar-refractivity contribution in [2.75, 3.05) is 32.8 Å². The third-order valence-electron chi connectivity index (χ3n) is 4.31. The Labute approximate surface area is 156 Å². The SMILES string of the molecule is O=C(NCCCCN1CCOC(c2ccccc2)C1)c1ccc(Br)o1. The molecule has 1 N–H and O–H groups in total. The molecule has 6 heteroatoms. The molecule has 0 spiro atoms. The Hall–Kier alpha value is -1.63. The van der Waals surface area contributed by atoms with Crippen LogP contribution in [-0.2, 0) is 4.74 Å². The number of benzene rings is 1. The zero-order valence-corrected chi connectivity index (χ0v) is 15.7. The number of nitrogens with one attached hydrogen (secondary N) is 1. The van der Waals surface area contributed by atoms with Crippen LogP contribution in [0.15, 0.2) is 51.6 Å². The van der Waals surface area contributed by atoms with Crippen LogP contribution in [0.5, 0.6) is 0 Å². The number of unbranched alkanes of at least 4 members (excludes halogenated alkanes) is 1. The fourth-order valence-electron chi connectivity index (χ4n) is 2.96. The molecule has 1 saturated heterocycles. The van der Waals surface area contributed by atoms with Gasteiger partial charge in [0.2, 0.25) is 0 Å². The van der Waals surface area contributed by atoms with E-state index in [1.807, 2.05) is 6.07 Å². The van der Waals surface area contributed by atoms with Gasteiger partial charge in [-0.1, -0.05) is 30.3 Å². The number of hydrogen-bond acceptors (Lipinski definition) is 4. The monoisotopic (exact) mass is 406 g/mol. The molecule has 2 heterocycles. The summed E-state index contributed by atoms with van der Waals surface area (Å²) in [6.07, 6.45) is 2.15. The van der Waals surface area contributed by atoms with Gasteiger partial charge in [-0.15, -0.1) is 0 Å². The number of ether oxygens (including phenoxy) is 1. The molecule has 0 aliphatic carbocycles. The summed E-state index contributed by atoms with van der Waals surface area (Å²) in [7, 11) is 0. The van der Waals surface area contributed by atoms with Gasteiger partial charge in [-0.05, 0) is 53.0 Å². The van der Waals surface area contributed by atoms with Gasteiger partial charge in [-0.2, -0.15) is 0 Å². The molecule has 3 rings (SSSR count). The van der Waals surface area contributed by atoms with Crippen molar-refractivity contribution in [3.05, 3.63) is 58.5 Å². The normalized spacial score (nSPS) is 18.2. The number of carbonyl (C=O) groups is 1. The standard InChI is InChI=1S/C19H23BrN2O3/c20-18-9-8-16(25-18)19(23)21-10-4-5-11-22-12-13-24-17(14-22)15-6-2-1-3-7-15/h1-3,6-9,17H,4-5,10-14H2,(H,21,23). The summed E-state index contributed by atoms with van der Waals surface area (Å²) in [6, 6.07) is 13.8. The zero-order chi connectivity index (χ0) is 17.5. The molecular weight excluding hydrogens is 384 g/mol. The predicted octanol–water partition coefficient (Wildman–Crippen LogP) is 3.63. The van der Waals surface area contributed by atoms with Crippen molar-refractivity contribution in [1.82, 2.24) is 10.2 Å². The maximum absolute atomic E-state index is 11.9. The summed E-state index contributed by atoms with van der Waals surface area (Å²) in [4.78, 5) is 14.3. The fraction of sp³-hybridized carbons (Fsp3) is 0.421.